The Bertz CT molecular complexity index is 705. The average Bonchev–Trinajstić information content (AvgIpc) is 2.41. The van der Waals surface area contributed by atoms with Crippen molar-refractivity contribution in [2.45, 2.75) is 11.8 Å². The van der Waals surface area contributed by atoms with Crippen molar-refractivity contribution < 1.29 is 8.42 Å². The Labute approximate surface area is 118 Å². The van der Waals surface area contributed by atoms with Gasteiger partial charge in [0, 0.05) is 0 Å². The Morgan fingerprint density at radius 2 is 1.65 bits per heavy atom. The molecule has 0 spiro atoms. The Balaban J connectivity index is 2.02. The number of anilines is 1. The van der Waals surface area contributed by atoms with Gasteiger partial charge in [-0.15, -0.1) is 0 Å². The first-order chi connectivity index (χ1) is 9.45. The summed E-state index contributed by atoms with van der Waals surface area (Å²) >= 11 is 0. The van der Waals surface area contributed by atoms with Crippen LogP contribution >= 0.6 is 0 Å². The van der Waals surface area contributed by atoms with E-state index >= 15 is 0 Å². The second kappa shape index (κ2) is 5.85. The molecule has 0 amide bonds. The molecule has 0 aliphatic carbocycles. The molecule has 0 radical (unpaired) electrons. The Kier molecular flexibility index (Phi) is 4.16. The maximum Gasteiger partial charge on any atom is 0.238 e. The molecule has 3 N–H and O–H groups in total. The summed E-state index contributed by atoms with van der Waals surface area (Å²) < 4.78 is 22.2. The molecule has 2 aromatic carbocycles. The number of benzene rings is 2. The molecule has 0 aromatic heterocycles. The van der Waals surface area contributed by atoms with E-state index in [0.717, 1.165) is 5.56 Å². The third-order valence-corrected chi connectivity index (χ3v) is 3.60. The van der Waals surface area contributed by atoms with Gasteiger partial charge >= 0.3 is 0 Å². The highest BCUT2D eigenvalue weighted by molar-refractivity contribution is 7.89. The van der Waals surface area contributed by atoms with E-state index in [2.05, 4.69) is 10.5 Å². The van der Waals surface area contributed by atoms with Crippen LogP contribution < -0.4 is 10.6 Å². The lowest BCUT2D eigenvalue weighted by Gasteiger charge is -2.02. The Hall–Kier alpha value is -2.18. The number of nitrogens with one attached hydrogen (secondary N) is 1. The molecular formula is C14H15N3O2S. The summed E-state index contributed by atoms with van der Waals surface area (Å²) in [4.78, 5) is 0.0746. The minimum Gasteiger partial charge on any atom is -0.279 e. The van der Waals surface area contributed by atoms with E-state index in [0.29, 0.717) is 5.69 Å². The molecule has 6 heteroatoms. The number of rotatable bonds is 4. The summed E-state index contributed by atoms with van der Waals surface area (Å²) in [6.07, 6.45) is 1.69. The van der Waals surface area contributed by atoms with Crippen LogP contribution in [0.2, 0.25) is 0 Å². The smallest absolute Gasteiger partial charge is 0.238 e. The normalized spacial score (nSPS) is 11.7. The molecule has 0 bridgehead atoms. The highest BCUT2D eigenvalue weighted by Gasteiger charge is 2.05. The first-order valence-electron chi connectivity index (χ1n) is 5.94. The number of hydrazone groups is 1. The molecule has 0 aliphatic rings. The number of hydrogen-bond donors (Lipinski definition) is 2. The Morgan fingerprint density at radius 1 is 1.05 bits per heavy atom. The van der Waals surface area contributed by atoms with Crippen molar-refractivity contribution in [3.05, 3.63) is 59.7 Å². The van der Waals surface area contributed by atoms with Crippen LogP contribution in [0.5, 0.6) is 0 Å². The number of hydrogen-bond acceptors (Lipinski definition) is 4. The highest BCUT2D eigenvalue weighted by Crippen LogP contribution is 2.12. The molecular weight excluding hydrogens is 274 g/mol. The van der Waals surface area contributed by atoms with E-state index in [9.17, 15) is 8.42 Å². The lowest BCUT2D eigenvalue weighted by molar-refractivity contribution is 0.598. The number of nitrogens with zero attached hydrogens (tertiary/aromatic N) is 1. The minimum atomic E-state index is -3.65. The fraction of sp³-hybridized carbons (Fsp3) is 0.0714. The molecule has 0 atom stereocenters. The van der Waals surface area contributed by atoms with Gasteiger partial charge in [0.05, 0.1) is 16.8 Å². The van der Waals surface area contributed by atoms with Crippen LogP contribution in [0, 0.1) is 6.92 Å². The zero-order chi connectivity index (χ0) is 14.6. The molecule has 0 fully saturated rings. The van der Waals surface area contributed by atoms with Crippen molar-refractivity contribution in [3.8, 4) is 0 Å². The zero-order valence-electron chi connectivity index (χ0n) is 10.9. The van der Waals surface area contributed by atoms with Crippen LogP contribution in [0.3, 0.4) is 0 Å². The van der Waals surface area contributed by atoms with Crippen LogP contribution in [-0.2, 0) is 10.0 Å². The molecule has 104 valence electrons. The summed E-state index contributed by atoms with van der Waals surface area (Å²) in [5, 5.41) is 9.10. The Morgan fingerprint density at radius 3 is 2.20 bits per heavy atom. The summed E-state index contributed by atoms with van der Waals surface area (Å²) in [7, 11) is -3.65. The summed E-state index contributed by atoms with van der Waals surface area (Å²) in [5.74, 6) is 0. The quantitative estimate of drug-likeness (QED) is 0.667. The number of aryl methyl sites for hydroxylation is 1. The molecule has 5 nitrogen and oxygen atoms in total. The van der Waals surface area contributed by atoms with Crippen molar-refractivity contribution in [2.24, 2.45) is 10.2 Å². The van der Waals surface area contributed by atoms with E-state index in [1.54, 1.807) is 18.3 Å². The first-order valence-corrected chi connectivity index (χ1v) is 7.48. The minimum absolute atomic E-state index is 0.0746. The highest BCUT2D eigenvalue weighted by atomic mass is 32.2. The fourth-order valence-electron chi connectivity index (χ4n) is 1.55. The summed E-state index contributed by atoms with van der Waals surface area (Å²) in [5.41, 5.74) is 5.67. The summed E-state index contributed by atoms with van der Waals surface area (Å²) in [6, 6.07) is 14.0. The van der Waals surface area contributed by atoms with Crippen molar-refractivity contribution in [2.75, 3.05) is 5.43 Å². The first kappa shape index (κ1) is 14.2. The van der Waals surface area contributed by atoms with Gasteiger partial charge in [0.25, 0.3) is 0 Å². The monoisotopic (exact) mass is 289 g/mol. The van der Waals surface area contributed by atoms with Crippen LogP contribution in [0.25, 0.3) is 0 Å². The molecule has 0 heterocycles. The lowest BCUT2D eigenvalue weighted by atomic mass is 10.2. The largest absolute Gasteiger partial charge is 0.279 e. The van der Waals surface area contributed by atoms with Gasteiger partial charge in [0.15, 0.2) is 0 Å². The van der Waals surface area contributed by atoms with Gasteiger partial charge in [-0.2, -0.15) is 5.10 Å². The van der Waals surface area contributed by atoms with E-state index < -0.39 is 10.0 Å². The van der Waals surface area contributed by atoms with Gasteiger partial charge in [-0.1, -0.05) is 29.8 Å². The van der Waals surface area contributed by atoms with Gasteiger partial charge < -0.3 is 0 Å². The average molecular weight is 289 g/mol. The SMILES string of the molecule is Cc1ccc(/C=N/Nc2ccc(S(N)(=O)=O)cc2)cc1. The predicted molar refractivity (Wildman–Crippen MR) is 80.2 cm³/mol. The van der Waals surface area contributed by atoms with Crippen LogP contribution in [0.1, 0.15) is 11.1 Å². The fourth-order valence-corrected chi connectivity index (χ4v) is 2.07. The van der Waals surface area contributed by atoms with E-state index in [4.69, 9.17) is 5.14 Å². The molecule has 20 heavy (non-hydrogen) atoms. The van der Waals surface area contributed by atoms with Crippen molar-refractivity contribution >= 4 is 21.9 Å². The third-order valence-electron chi connectivity index (χ3n) is 2.67. The van der Waals surface area contributed by atoms with Gasteiger partial charge in [-0.05, 0) is 36.8 Å². The molecule has 0 saturated heterocycles. The predicted octanol–water partition coefficient (Wildman–Crippen LogP) is 2.09. The van der Waals surface area contributed by atoms with E-state index in [-0.39, 0.29) is 4.90 Å². The lowest BCUT2D eigenvalue weighted by Crippen LogP contribution is -2.11. The second-order valence-electron chi connectivity index (χ2n) is 4.35. The molecule has 2 aromatic rings. The number of primary sulfonamides is 1. The van der Waals surface area contributed by atoms with E-state index in [1.807, 2.05) is 31.2 Å². The van der Waals surface area contributed by atoms with Gasteiger partial charge in [0.2, 0.25) is 10.0 Å². The van der Waals surface area contributed by atoms with Gasteiger partial charge in [-0.25, -0.2) is 13.6 Å². The molecule has 0 aliphatic heterocycles. The topological polar surface area (TPSA) is 84.5 Å². The zero-order valence-corrected chi connectivity index (χ0v) is 11.8. The van der Waals surface area contributed by atoms with Gasteiger partial charge in [-0.3, -0.25) is 5.43 Å². The number of sulfonamides is 1. The summed E-state index contributed by atoms with van der Waals surface area (Å²) in [6.45, 7) is 2.02. The maximum absolute atomic E-state index is 11.1. The standard InChI is InChI=1S/C14H15N3O2S/c1-11-2-4-12(5-3-11)10-16-17-13-6-8-14(9-7-13)20(15,18)19/h2-10,17H,1H3,(H2,15,18,19)/b16-10+. The third kappa shape index (κ3) is 3.91. The van der Waals surface area contributed by atoms with Crippen LogP contribution in [0.15, 0.2) is 58.5 Å². The van der Waals surface area contributed by atoms with Crippen LogP contribution in [0.4, 0.5) is 5.69 Å². The van der Waals surface area contributed by atoms with Crippen molar-refractivity contribution in [3.63, 3.8) is 0 Å². The van der Waals surface area contributed by atoms with Gasteiger partial charge in [0.1, 0.15) is 0 Å². The van der Waals surface area contributed by atoms with Crippen molar-refractivity contribution in [1.29, 1.82) is 0 Å². The van der Waals surface area contributed by atoms with Crippen molar-refractivity contribution in [1.82, 2.24) is 0 Å². The molecule has 0 unspecified atom stereocenters. The van der Waals surface area contributed by atoms with Crippen LogP contribution in [-0.4, -0.2) is 14.6 Å². The number of nitrogens with two attached hydrogens (primary N) is 1. The maximum atomic E-state index is 11.1. The second-order valence-corrected chi connectivity index (χ2v) is 5.91. The molecule has 2 rings (SSSR count). The van der Waals surface area contributed by atoms with E-state index in [1.165, 1.54) is 17.7 Å². The molecule has 0 saturated carbocycles.